The van der Waals surface area contributed by atoms with E-state index in [1.165, 1.54) is 5.56 Å². The minimum atomic E-state index is 0.204. The number of carbonyl (C=O) groups is 1. The lowest BCUT2D eigenvalue weighted by molar-refractivity contribution is 0.0410. The van der Waals surface area contributed by atoms with Gasteiger partial charge in [0, 0.05) is 42.6 Å². The van der Waals surface area contributed by atoms with Crippen LogP contribution in [0.3, 0.4) is 0 Å². The van der Waals surface area contributed by atoms with E-state index in [0.29, 0.717) is 6.42 Å². The van der Waals surface area contributed by atoms with Gasteiger partial charge in [0.2, 0.25) is 0 Å². The molecule has 0 aromatic heterocycles. The lowest BCUT2D eigenvalue weighted by Gasteiger charge is -2.27. The summed E-state index contributed by atoms with van der Waals surface area (Å²) in [5, 5.41) is 0.204. The molecule has 0 radical (unpaired) electrons. The largest absolute Gasteiger partial charge is 0.379 e. The van der Waals surface area contributed by atoms with E-state index >= 15 is 0 Å². The first-order valence-corrected chi connectivity index (χ1v) is 9.93. The first-order chi connectivity index (χ1) is 12.3. The second-order valence-corrected chi connectivity index (χ2v) is 7.53. The predicted molar refractivity (Wildman–Crippen MR) is 104 cm³/mol. The van der Waals surface area contributed by atoms with Crippen molar-refractivity contribution < 1.29 is 9.53 Å². The third-order valence-electron chi connectivity index (χ3n) is 4.47. The predicted octanol–water partition coefficient (Wildman–Crippen LogP) is 4.07. The van der Waals surface area contributed by atoms with Gasteiger partial charge in [0.25, 0.3) is 0 Å². The Kier molecular flexibility index (Phi) is 7.10. The van der Waals surface area contributed by atoms with Crippen LogP contribution in [-0.4, -0.2) is 49.3 Å². The summed E-state index contributed by atoms with van der Waals surface area (Å²) in [5.41, 5.74) is 2.04. The number of carbonyl (C=O) groups excluding carboxylic acids is 1. The van der Waals surface area contributed by atoms with Crippen LogP contribution in [0.4, 0.5) is 0 Å². The van der Waals surface area contributed by atoms with E-state index < -0.39 is 0 Å². The third kappa shape index (κ3) is 5.70. The fraction of sp³-hybridized carbons (Fsp3) is 0.381. The van der Waals surface area contributed by atoms with E-state index in [2.05, 4.69) is 29.2 Å². The number of thioether (sulfide) groups is 1. The van der Waals surface area contributed by atoms with Gasteiger partial charge < -0.3 is 4.74 Å². The zero-order valence-electron chi connectivity index (χ0n) is 14.5. The normalized spacial score (nSPS) is 16.5. The molecule has 1 unspecified atom stereocenters. The number of ether oxygens (including phenoxy) is 1. The minimum Gasteiger partial charge on any atom is -0.379 e. The Balaban J connectivity index is 1.60. The molecule has 3 rings (SSSR count). The molecule has 0 saturated carbocycles. The van der Waals surface area contributed by atoms with Crippen molar-refractivity contribution in [2.24, 2.45) is 0 Å². The Hall–Kier alpha value is -1.62. The van der Waals surface area contributed by atoms with Crippen molar-refractivity contribution >= 4 is 17.5 Å². The molecule has 0 aliphatic carbocycles. The molecule has 132 valence electrons. The number of rotatable bonds is 8. The highest BCUT2D eigenvalue weighted by Gasteiger charge is 2.18. The zero-order chi connectivity index (χ0) is 17.3. The van der Waals surface area contributed by atoms with E-state index in [1.807, 2.05) is 48.2 Å². The highest BCUT2D eigenvalue weighted by molar-refractivity contribution is 7.99. The van der Waals surface area contributed by atoms with Crippen LogP contribution in [0.2, 0.25) is 0 Å². The Morgan fingerprint density at radius 1 is 1.00 bits per heavy atom. The summed E-state index contributed by atoms with van der Waals surface area (Å²) in [4.78, 5) is 15.1. The third-order valence-corrected chi connectivity index (χ3v) is 5.73. The van der Waals surface area contributed by atoms with Crippen molar-refractivity contribution in [3.8, 4) is 0 Å². The maximum atomic E-state index is 12.7. The van der Waals surface area contributed by atoms with Gasteiger partial charge in [0.05, 0.1) is 13.2 Å². The summed E-state index contributed by atoms with van der Waals surface area (Å²) in [5.74, 6) is 1.25. The molecule has 2 aromatic rings. The molecular weight excluding hydrogens is 330 g/mol. The zero-order valence-corrected chi connectivity index (χ0v) is 15.3. The van der Waals surface area contributed by atoms with Crippen molar-refractivity contribution in [2.75, 3.05) is 38.6 Å². The van der Waals surface area contributed by atoms with Crippen LogP contribution in [0.25, 0.3) is 0 Å². The molecule has 1 aliphatic rings. The molecule has 0 amide bonds. The van der Waals surface area contributed by atoms with Crippen molar-refractivity contribution in [3.63, 3.8) is 0 Å². The number of hydrogen-bond donors (Lipinski definition) is 0. The topological polar surface area (TPSA) is 29.5 Å². The van der Waals surface area contributed by atoms with Gasteiger partial charge in [-0.2, -0.15) is 11.8 Å². The van der Waals surface area contributed by atoms with E-state index in [0.717, 1.165) is 44.2 Å². The second-order valence-electron chi connectivity index (χ2n) is 6.22. The lowest BCUT2D eigenvalue weighted by atomic mass is 10.0. The average molecular weight is 356 g/mol. The Bertz CT molecular complexity index is 641. The molecule has 0 N–H and O–H groups in total. The highest BCUT2D eigenvalue weighted by Crippen LogP contribution is 2.33. The summed E-state index contributed by atoms with van der Waals surface area (Å²) >= 11 is 1.89. The van der Waals surface area contributed by atoms with Crippen molar-refractivity contribution in [1.82, 2.24) is 4.90 Å². The van der Waals surface area contributed by atoms with Gasteiger partial charge in [-0.05, 0) is 5.56 Å². The molecule has 2 aromatic carbocycles. The maximum absolute atomic E-state index is 12.7. The van der Waals surface area contributed by atoms with Crippen LogP contribution in [0.5, 0.6) is 0 Å². The van der Waals surface area contributed by atoms with Gasteiger partial charge in [-0.3, -0.25) is 9.69 Å². The number of benzene rings is 2. The molecular formula is C21H25NO2S. The Morgan fingerprint density at radius 3 is 2.32 bits per heavy atom. The Labute approximate surface area is 154 Å². The van der Waals surface area contributed by atoms with Gasteiger partial charge in [0.15, 0.2) is 5.78 Å². The fourth-order valence-corrected chi connectivity index (χ4v) is 4.27. The van der Waals surface area contributed by atoms with Crippen molar-refractivity contribution in [1.29, 1.82) is 0 Å². The Morgan fingerprint density at radius 2 is 1.64 bits per heavy atom. The molecule has 1 saturated heterocycles. The van der Waals surface area contributed by atoms with Gasteiger partial charge in [-0.1, -0.05) is 60.7 Å². The molecule has 1 atom stereocenters. The van der Waals surface area contributed by atoms with Crippen LogP contribution in [0.1, 0.15) is 27.6 Å². The molecule has 0 spiro atoms. The summed E-state index contributed by atoms with van der Waals surface area (Å²) in [6.45, 7) is 4.74. The molecule has 1 fully saturated rings. The van der Waals surface area contributed by atoms with Crippen LogP contribution < -0.4 is 0 Å². The second kappa shape index (κ2) is 9.76. The van der Waals surface area contributed by atoms with E-state index in [-0.39, 0.29) is 11.0 Å². The average Bonchev–Trinajstić information content (AvgIpc) is 2.69. The molecule has 1 heterocycles. The quantitative estimate of drug-likeness (QED) is 0.668. The van der Waals surface area contributed by atoms with Crippen molar-refractivity contribution in [3.05, 3.63) is 71.8 Å². The number of hydrogen-bond acceptors (Lipinski definition) is 4. The monoisotopic (exact) mass is 355 g/mol. The summed E-state index contributed by atoms with van der Waals surface area (Å²) in [6.07, 6.45) is 0.543. The van der Waals surface area contributed by atoms with Gasteiger partial charge in [-0.25, -0.2) is 0 Å². The summed E-state index contributed by atoms with van der Waals surface area (Å²) < 4.78 is 5.40. The SMILES string of the molecule is O=C(CC(SCCN1CCOCC1)c1ccccc1)c1ccccc1. The number of ketones is 1. The number of morpholine rings is 1. The van der Waals surface area contributed by atoms with Gasteiger partial charge in [0.1, 0.15) is 0 Å². The molecule has 25 heavy (non-hydrogen) atoms. The first-order valence-electron chi connectivity index (χ1n) is 8.88. The van der Waals surface area contributed by atoms with Crippen molar-refractivity contribution in [2.45, 2.75) is 11.7 Å². The van der Waals surface area contributed by atoms with Gasteiger partial charge in [-0.15, -0.1) is 0 Å². The number of nitrogens with zero attached hydrogens (tertiary/aromatic N) is 1. The fourth-order valence-electron chi connectivity index (χ4n) is 3.00. The smallest absolute Gasteiger partial charge is 0.164 e. The molecule has 0 bridgehead atoms. The molecule has 1 aliphatic heterocycles. The van der Waals surface area contributed by atoms with E-state index in [1.54, 1.807) is 0 Å². The van der Waals surface area contributed by atoms with E-state index in [9.17, 15) is 4.79 Å². The highest BCUT2D eigenvalue weighted by atomic mass is 32.2. The molecule has 4 heteroatoms. The summed E-state index contributed by atoms with van der Waals surface area (Å²) in [7, 11) is 0. The summed E-state index contributed by atoms with van der Waals surface area (Å²) in [6, 6.07) is 20.0. The van der Waals surface area contributed by atoms with Gasteiger partial charge >= 0.3 is 0 Å². The minimum absolute atomic E-state index is 0.204. The van der Waals surface area contributed by atoms with Crippen LogP contribution >= 0.6 is 11.8 Å². The lowest BCUT2D eigenvalue weighted by Crippen LogP contribution is -2.37. The number of Topliss-reactive ketones (excluding diaryl/α,β-unsaturated/α-hetero) is 1. The maximum Gasteiger partial charge on any atom is 0.164 e. The standard InChI is InChI=1S/C21H25NO2S/c23-20(18-7-3-1-4-8-18)17-21(19-9-5-2-6-10-19)25-16-13-22-11-14-24-15-12-22/h1-10,21H,11-17H2. The van der Waals surface area contributed by atoms with Crippen LogP contribution in [-0.2, 0) is 4.74 Å². The van der Waals surface area contributed by atoms with E-state index in [4.69, 9.17) is 4.74 Å². The van der Waals surface area contributed by atoms with Crippen LogP contribution in [0.15, 0.2) is 60.7 Å². The first kappa shape index (κ1) is 18.2. The molecule has 3 nitrogen and oxygen atoms in total. The van der Waals surface area contributed by atoms with Crippen LogP contribution in [0, 0.1) is 0 Å².